The number of amides is 3. The summed E-state index contributed by atoms with van der Waals surface area (Å²) in [4.78, 5) is 51.6. The lowest BCUT2D eigenvalue weighted by atomic mass is 9.51. The molecule has 3 amide bonds. The zero-order valence-corrected chi connectivity index (χ0v) is 26.5. The van der Waals surface area contributed by atoms with Crippen LogP contribution in [-0.2, 0) is 19.1 Å². The highest BCUT2D eigenvalue weighted by Gasteiger charge is 2.75. The predicted molar refractivity (Wildman–Crippen MR) is 162 cm³/mol. The molecule has 12 heteroatoms. The van der Waals surface area contributed by atoms with E-state index in [0.717, 1.165) is 25.7 Å². The molecule has 0 radical (unpaired) electrons. The number of ether oxygens (including phenoxy) is 1. The number of rotatable bonds is 4. The molecule has 10 nitrogen and oxygen atoms in total. The van der Waals surface area contributed by atoms with E-state index in [4.69, 9.17) is 27.9 Å². The first-order chi connectivity index (χ1) is 20.4. The van der Waals surface area contributed by atoms with Gasteiger partial charge in [-0.05, 0) is 73.8 Å². The first-order valence-corrected chi connectivity index (χ1v) is 15.9. The Bertz CT molecular complexity index is 1360. The Morgan fingerprint density at radius 1 is 1.14 bits per heavy atom. The zero-order valence-electron chi connectivity index (χ0n) is 25.0. The van der Waals surface area contributed by atoms with E-state index in [1.54, 1.807) is 26.4 Å². The Kier molecular flexibility index (Phi) is 7.89. The summed E-state index contributed by atoms with van der Waals surface area (Å²) in [5.74, 6) is -1.31. The van der Waals surface area contributed by atoms with Crippen LogP contribution in [0.1, 0.15) is 64.0 Å². The van der Waals surface area contributed by atoms with E-state index >= 15 is 0 Å². The fourth-order valence-corrected chi connectivity index (χ4v) is 8.64. The third-order valence-corrected chi connectivity index (χ3v) is 10.9. The van der Waals surface area contributed by atoms with Gasteiger partial charge in [0.1, 0.15) is 6.10 Å². The predicted octanol–water partition coefficient (Wildman–Crippen LogP) is 3.07. The smallest absolute Gasteiger partial charge is 0.251 e. The van der Waals surface area contributed by atoms with Crippen molar-refractivity contribution < 1.29 is 19.1 Å². The van der Waals surface area contributed by atoms with Crippen LogP contribution in [0.15, 0.2) is 35.5 Å². The minimum atomic E-state index is -1.04. The monoisotopic (exact) mass is 630 g/mol. The highest BCUT2D eigenvalue weighted by atomic mass is 35.5. The van der Waals surface area contributed by atoms with Gasteiger partial charge < -0.3 is 20.3 Å². The molecule has 0 aromatic carbocycles. The number of nitrogens with one attached hydrogen (secondary N) is 3. The van der Waals surface area contributed by atoms with Crippen LogP contribution < -0.4 is 16.0 Å². The van der Waals surface area contributed by atoms with E-state index in [9.17, 15) is 14.4 Å². The number of likely N-dealkylation sites (N-methyl/N-ethyl adjacent to an activating group) is 1. The summed E-state index contributed by atoms with van der Waals surface area (Å²) in [5, 5.41) is 10.8. The molecule has 6 rings (SSSR count). The van der Waals surface area contributed by atoms with E-state index in [1.165, 1.54) is 4.90 Å². The molecule has 1 aromatic heterocycles. The van der Waals surface area contributed by atoms with Crippen molar-refractivity contribution in [1.82, 2.24) is 30.8 Å². The van der Waals surface area contributed by atoms with Gasteiger partial charge in [-0.3, -0.25) is 19.7 Å². The van der Waals surface area contributed by atoms with Crippen LogP contribution in [0.3, 0.4) is 0 Å². The number of allylic oxidation sites excluding steroid dienone is 2. The SMILES string of the molecule is CN(C)C(=O)[C@@H]1CC[C@@H](NC(=O)[C@@H]2NC3(CCC(C)(C)CC3)[C@@]3(C(=O)NC4C=C(Cl)C=CC43)[C@H]2c2ccnc(Cl)n2)CO1. The van der Waals surface area contributed by atoms with Gasteiger partial charge in [0, 0.05) is 42.7 Å². The molecule has 2 aliphatic carbocycles. The molecule has 2 spiro atoms. The van der Waals surface area contributed by atoms with Gasteiger partial charge in [0.05, 0.1) is 35.8 Å². The maximum Gasteiger partial charge on any atom is 0.251 e. The Morgan fingerprint density at radius 3 is 2.53 bits per heavy atom. The Balaban J connectivity index is 1.39. The number of carbonyl (C=O) groups excluding carboxylic acids is 3. The van der Waals surface area contributed by atoms with Crippen molar-refractivity contribution in [1.29, 1.82) is 0 Å². The van der Waals surface area contributed by atoms with Crippen LogP contribution in [0, 0.1) is 16.7 Å². The fourth-order valence-electron chi connectivity index (χ4n) is 8.27. The Morgan fingerprint density at radius 2 is 1.88 bits per heavy atom. The molecule has 2 unspecified atom stereocenters. The standard InChI is InChI=1S/C31H40Cl2N6O4/c1-29(2)10-12-30(13-11-29)31(19-7-5-17(32)15-21(19)36-27(31)42)23(20-9-14-34-28(33)37-20)24(38-30)25(40)35-18-6-8-22(43-16-18)26(41)39(3)4/h5,7,9,14-15,18-19,21-24,38H,6,8,10-13,16H2,1-4H3,(H,35,40)(H,36,42)/t18-,19?,21?,22+,23+,24-,31-/m1/s1. The maximum atomic E-state index is 14.6. The molecule has 4 fully saturated rings. The third-order valence-electron chi connectivity index (χ3n) is 10.5. The minimum Gasteiger partial charge on any atom is -0.366 e. The van der Waals surface area contributed by atoms with Crippen molar-refractivity contribution in [3.63, 3.8) is 0 Å². The number of hydrogen-bond acceptors (Lipinski definition) is 7. The van der Waals surface area contributed by atoms with Crippen molar-refractivity contribution in [2.75, 3.05) is 20.7 Å². The number of halogens is 2. The summed E-state index contributed by atoms with van der Waals surface area (Å²) in [6, 6.07) is 0.420. The summed E-state index contributed by atoms with van der Waals surface area (Å²) in [6.07, 6.45) is 11.2. The number of aromatic nitrogens is 2. The van der Waals surface area contributed by atoms with Crippen molar-refractivity contribution in [3.8, 4) is 0 Å². The van der Waals surface area contributed by atoms with Gasteiger partial charge in [-0.1, -0.05) is 31.5 Å². The Hall–Kier alpha value is -2.53. The normalized spacial score (nSPS) is 35.8. The van der Waals surface area contributed by atoms with E-state index in [2.05, 4.69) is 39.8 Å². The summed E-state index contributed by atoms with van der Waals surface area (Å²) >= 11 is 12.8. The number of fused-ring (bicyclic) bond motifs is 3. The molecule has 232 valence electrons. The first-order valence-electron chi connectivity index (χ1n) is 15.1. The van der Waals surface area contributed by atoms with Crippen LogP contribution in [-0.4, -0.2) is 83.1 Å². The van der Waals surface area contributed by atoms with Gasteiger partial charge in [-0.15, -0.1) is 0 Å². The van der Waals surface area contributed by atoms with E-state index in [1.807, 2.05) is 18.2 Å². The van der Waals surface area contributed by atoms with Crippen LogP contribution in [0.4, 0.5) is 0 Å². The average molecular weight is 632 g/mol. The summed E-state index contributed by atoms with van der Waals surface area (Å²) in [6.45, 7) is 4.74. The van der Waals surface area contributed by atoms with Gasteiger partial charge in [-0.25, -0.2) is 9.97 Å². The topological polar surface area (TPSA) is 126 Å². The van der Waals surface area contributed by atoms with Crippen molar-refractivity contribution in [2.24, 2.45) is 16.7 Å². The first kappa shape index (κ1) is 30.5. The zero-order chi connectivity index (χ0) is 30.7. The molecular weight excluding hydrogens is 591 g/mol. The van der Waals surface area contributed by atoms with Gasteiger partial charge in [0.2, 0.25) is 17.1 Å². The quantitative estimate of drug-likeness (QED) is 0.437. The fraction of sp³-hybridized carbons (Fsp3) is 0.645. The maximum absolute atomic E-state index is 14.6. The second-order valence-electron chi connectivity index (χ2n) is 13.7. The molecule has 1 saturated carbocycles. The van der Waals surface area contributed by atoms with Gasteiger partial charge in [-0.2, -0.15) is 0 Å². The molecule has 43 heavy (non-hydrogen) atoms. The molecule has 3 aliphatic heterocycles. The third kappa shape index (κ3) is 5.08. The highest BCUT2D eigenvalue weighted by Crippen LogP contribution is 2.65. The largest absolute Gasteiger partial charge is 0.366 e. The van der Waals surface area contributed by atoms with Crippen molar-refractivity contribution in [2.45, 2.75) is 88.1 Å². The molecule has 5 aliphatic rings. The Labute approximate surface area is 262 Å². The van der Waals surface area contributed by atoms with E-state index in [0.29, 0.717) is 23.6 Å². The molecule has 0 bridgehead atoms. The second kappa shape index (κ2) is 11.1. The number of carbonyl (C=O) groups is 3. The lowest BCUT2D eigenvalue weighted by Crippen LogP contribution is -2.61. The molecule has 3 saturated heterocycles. The molecule has 1 aromatic rings. The second-order valence-corrected chi connectivity index (χ2v) is 14.5. The number of hydrogen-bond donors (Lipinski definition) is 3. The van der Waals surface area contributed by atoms with E-state index in [-0.39, 0.29) is 53.0 Å². The van der Waals surface area contributed by atoms with Crippen LogP contribution >= 0.6 is 23.2 Å². The summed E-state index contributed by atoms with van der Waals surface area (Å²) in [5.41, 5.74) is -1.05. The minimum absolute atomic E-state index is 0.0619. The van der Waals surface area contributed by atoms with Gasteiger partial charge in [0.25, 0.3) is 5.91 Å². The van der Waals surface area contributed by atoms with Crippen LogP contribution in [0.2, 0.25) is 5.28 Å². The van der Waals surface area contributed by atoms with Crippen molar-refractivity contribution in [3.05, 3.63) is 46.5 Å². The molecule has 3 N–H and O–H groups in total. The number of nitrogens with zero attached hydrogens (tertiary/aromatic N) is 3. The lowest BCUT2D eigenvalue weighted by Gasteiger charge is -2.52. The highest BCUT2D eigenvalue weighted by molar-refractivity contribution is 6.31. The summed E-state index contributed by atoms with van der Waals surface area (Å²) < 4.78 is 5.87. The van der Waals surface area contributed by atoms with Gasteiger partial charge in [0.15, 0.2) is 0 Å². The lowest BCUT2D eigenvalue weighted by molar-refractivity contribution is -0.145. The summed E-state index contributed by atoms with van der Waals surface area (Å²) in [7, 11) is 3.41. The van der Waals surface area contributed by atoms with E-state index < -0.39 is 29.0 Å². The average Bonchev–Trinajstić information content (AvgIpc) is 3.42. The molecule has 4 heterocycles. The van der Waals surface area contributed by atoms with Gasteiger partial charge >= 0.3 is 0 Å². The molecular formula is C31H40Cl2N6O4. The van der Waals surface area contributed by atoms with Crippen molar-refractivity contribution >= 4 is 40.9 Å². The van der Waals surface area contributed by atoms with Crippen LogP contribution in [0.25, 0.3) is 0 Å². The van der Waals surface area contributed by atoms with Crippen LogP contribution in [0.5, 0.6) is 0 Å². The molecule has 7 atom stereocenters.